The summed E-state index contributed by atoms with van der Waals surface area (Å²) in [5.41, 5.74) is 2.72. The Labute approximate surface area is 119 Å². The summed E-state index contributed by atoms with van der Waals surface area (Å²) in [4.78, 5) is 16.2. The summed E-state index contributed by atoms with van der Waals surface area (Å²) < 4.78 is 0. The van der Waals surface area contributed by atoms with Crippen molar-refractivity contribution >= 4 is 17.4 Å². The number of aryl methyl sites for hydroxylation is 1. The van der Waals surface area contributed by atoms with E-state index in [9.17, 15) is 4.79 Å². The molecule has 0 saturated carbocycles. The van der Waals surface area contributed by atoms with E-state index in [0.29, 0.717) is 11.4 Å². The van der Waals surface area contributed by atoms with Gasteiger partial charge in [-0.05, 0) is 37.6 Å². The summed E-state index contributed by atoms with van der Waals surface area (Å²) in [6.07, 6.45) is 2.78. The van der Waals surface area contributed by atoms with Gasteiger partial charge in [-0.1, -0.05) is 24.6 Å². The Bertz CT molecular complexity index is 561. The van der Waals surface area contributed by atoms with E-state index in [1.54, 1.807) is 12.3 Å². The highest BCUT2D eigenvalue weighted by Crippen LogP contribution is 2.11. The third-order valence-corrected chi connectivity index (χ3v) is 2.90. The van der Waals surface area contributed by atoms with Gasteiger partial charge in [-0.3, -0.25) is 4.79 Å². The molecule has 20 heavy (non-hydrogen) atoms. The van der Waals surface area contributed by atoms with Crippen molar-refractivity contribution in [3.8, 4) is 0 Å². The number of hydrogen-bond acceptors (Lipinski definition) is 3. The third kappa shape index (κ3) is 3.82. The monoisotopic (exact) mass is 269 g/mol. The molecule has 0 spiro atoms. The average molecular weight is 269 g/mol. The van der Waals surface area contributed by atoms with Gasteiger partial charge in [0.15, 0.2) is 0 Å². The number of carbonyl (C=O) groups is 1. The van der Waals surface area contributed by atoms with E-state index in [4.69, 9.17) is 0 Å². The Kier molecular flexibility index (Phi) is 4.71. The summed E-state index contributed by atoms with van der Waals surface area (Å²) >= 11 is 0. The lowest BCUT2D eigenvalue weighted by Crippen LogP contribution is -2.13. The number of pyridine rings is 1. The second-order valence-electron chi connectivity index (χ2n) is 4.68. The smallest absolute Gasteiger partial charge is 0.256 e. The van der Waals surface area contributed by atoms with Gasteiger partial charge in [0.2, 0.25) is 0 Å². The fourth-order valence-electron chi connectivity index (χ4n) is 1.74. The molecule has 0 saturated heterocycles. The van der Waals surface area contributed by atoms with Crippen LogP contribution in [0.5, 0.6) is 0 Å². The van der Waals surface area contributed by atoms with Crippen molar-refractivity contribution in [2.24, 2.45) is 0 Å². The van der Waals surface area contributed by atoms with Crippen LogP contribution in [0.2, 0.25) is 0 Å². The zero-order valence-corrected chi connectivity index (χ0v) is 11.8. The van der Waals surface area contributed by atoms with Crippen LogP contribution in [0, 0.1) is 6.92 Å². The summed E-state index contributed by atoms with van der Waals surface area (Å²) in [5, 5.41) is 6.02. The van der Waals surface area contributed by atoms with Gasteiger partial charge in [-0.25, -0.2) is 4.98 Å². The molecule has 0 aliphatic carbocycles. The van der Waals surface area contributed by atoms with Crippen LogP contribution in [0.25, 0.3) is 0 Å². The fourth-order valence-corrected chi connectivity index (χ4v) is 1.74. The Balaban J connectivity index is 1.99. The Morgan fingerprint density at radius 3 is 2.50 bits per heavy atom. The zero-order chi connectivity index (χ0) is 14.4. The van der Waals surface area contributed by atoms with E-state index >= 15 is 0 Å². The molecule has 0 bridgehead atoms. The van der Waals surface area contributed by atoms with Crippen LogP contribution >= 0.6 is 0 Å². The maximum absolute atomic E-state index is 12.0. The topological polar surface area (TPSA) is 54.0 Å². The molecule has 0 radical (unpaired) electrons. The Morgan fingerprint density at radius 2 is 1.90 bits per heavy atom. The molecule has 0 aliphatic heterocycles. The second-order valence-corrected chi connectivity index (χ2v) is 4.68. The average Bonchev–Trinajstić information content (AvgIpc) is 2.47. The molecule has 2 N–H and O–H groups in total. The molecule has 4 heteroatoms. The first-order valence-electron chi connectivity index (χ1n) is 6.77. The maximum Gasteiger partial charge on any atom is 0.256 e. The minimum absolute atomic E-state index is 0.147. The van der Waals surface area contributed by atoms with Crippen LogP contribution in [0.3, 0.4) is 0 Å². The van der Waals surface area contributed by atoms with E-state index in [1.165, 1.54) is 0 Å². The van der Waals surface area contributed by atoms with Gasteiger partial charge in [-0.15, -0.1) is 0 Å². The van der Waals surface area contributed by atoms with Crippen LogP contribution in [-0.4, -0.2) is 17.4 Å². The van der Waals surface area contributed by atoms with Gasteiger partial charge < -0.3 is 10.6 Å². The van der Waals surface area contributed by atoms with Crippen LogP contribution in [0.15, 0.2) is 42.6 Å². The largest absolute Gasteiger partial charge is 0.384 e. The van der Waals surface area contributed by atoms with E-state index in [2.05, 4.69) is 22.5 Å². The molecule has 0 unspecified atom stereocenters. The number of aromatic nitrogens is 1. The standard InChI is InChI=1S/C16H19N3O/c1-3-10-17-14-8-9-15(18-11-14)19-16(20)13-6-4-12(2)5-7-13/h4-9,11,17H,3,10H2,1-2H3,(H,18,19,20). The van der Waals surface area contributed by atoms with Crippen LogP contribution in [0.4, 0.5) is 11.5 Å². The van der Waals surface area contributed by atoms with Gasteiger partial charge >= 0.3 is 0 Å². The summed E-state index contributed by atoms with van der Waals surface area (Å²) in [7, 11) is 0. The van der Waals surface area contributed by atoms with Gasteiger partial charge in [0.25, 0.3) is 5.91 Å². The number of carbonyl (C=O) groups excluding carboxylic acids is 1. The number of nitrogens with zero attached hydrogens (tertiary/aromatic N) is 1. The highest BCUT2D eigenvalue weighted by Gasteiger charge is 2.06. The molecule has 0 atom stereocenters. The number of nitrogens with one attached hydrogen (secondary N) is 2. The van der Waals surface area contributed by atoms with Crippen molar-refractivity contribution in [3.63, 3.8) is 0 Å². The highest BCUT2D eigenvalue weighted by molar-refractivity contribution is 6.03. The first-order chi connectivity index (χ1) is 9.69. The van der Waals surface area contributed by atoms with Crippen molar-refractivity contribution in [2.45, 2.75) is 20.3 Å². The predicted octanol–water partition coefficient (Wildman–Crippen LogP) is 3.46. The minimum Gasteiger partial charge on any atom is -0.384 e. The lowest BCUT2D eigenvalue weighted by atomic mass is 10.1. The number of anilines is 2. The first-order valence-corrected chi connectivity index (χ1v) is 6.77. The SMILES string of the molecule is CCCNc1ccc(NC(=O)c2ccc(C)cc2)nc1. The zero-order valence-electron chi connectivity index (χ0n) is 11.8. The molecule has 0 aliphatic rings. The Morgan fingerprint density at radius 1 is 1.15 bits per heavy atom. The van der Waals surface area contributed by atoms with E-state index in [0.717, 1.165) is 24.2 Å². The molecule has 4 nitrogen and oxygen atoms in total. The predicted molar refractivity (Wildman–Crippen MR) is 82.1 cm³/mol. The van der Waals surface area contributed by atoms with E-state index < -0.39 is 0 Å². The van der Waals surface area contributed by atoms with Gasteiger partial charge in [-0.2, -0.15) is 0 Å². The normalized spacial score (nSPS) is 10.1. The quantitative estimate of drug-likeness (QED) is 0.874. The second kappa shape index (κ2) is 6.70. The number of benzene rings is 1. The molecular weight excluding hydrogens is 250 g/mol. The van der Waals surface area contributed by atoms with Crippen molar-refractivity contribution in [3.05, 3.63) is 53.7 Å². The first kappa shape index (κ1) is 14.1. The maximum atomic E-state index is 12.0. The van der Waals surface area contributed by atoms with Gasteiger partial charge in [0.1, 0.15) is 5.82 Å². The third-order valence-electron chi connectivity index (χ3n) is 2.90. The highest BCUT2D eigenvalue weighted by atomic mass is 16.1. The van der Waals surface area contributed by atoms with Crippen molar-refractivity contribution in [1.82, 2.24) is 4.98 Å². The molecule has 1 heterocycles. The molecule has 1 amide bonds. The molecule has 104 valence electrons. The molecule has 1 aromatic carbocycles. The molecule has 2 aromatic rings. The van der Waals surface area contributed by atoms with Gasteiger partial charge in [0.05, 0.1) is 11.9 Å². The van der Waals surface area contributed by atoms with Crippen molar-refractivity contribution in [1.29, 1.82) is 0 Å². The van der Waals surface area contributed by atoms with Crippen molar-refractivity contribution in [2.75, 3.05) is 17.2 Å². The fraction of sp³-hybridized carbons (Fsp3) is 0.250. The number of amides is 1. The van der Waals surface area contributed by atoms with E-state index in [-0.39, 0.29) is 5.91 Å². The Hall–Kier alpha value is -2.36. The molecule has 1 aromatic heterocycles. The van der Waals surface area contributed by atoms with E-state index in [1.807, 2.05) is 37.3 Å². The molecule has 2 rings (SSSR count). The summed E-state index contributed by atoms with van der Waals surface area (Å²) in [5.74, 6) is 0.407. The van der Waals surface area contributed by atoms with Crippen molar-refractivity contribution < 1.29 is 4.79 Å². The molecular formula is C16H19N3O. The minimum atomic E-state index is -0.147. The lowest BCUT2D eigenvalue weighted by molar-refractivity contribution is 0.102. The molecule has 0 fully saturated rings. The van der Waals surface area contributed by atoms with Gasteiger partial charge in [0, 0.05) is 12.1 Å². The number of rotatable bonds is 5. The lowest BCUT2D eigenvalue weighted by Gasteiger charge is -2.07. The van der Waals surface area contributed by atoms with Crippen LogP contribution in [-0.2, 0) is 0 Å². The number of hydrogen-bond donors (Lipinski definition) is 2. The van der Waals surface area contributed by atoms with Crippen LogP contribution < -0.4 is 10.6 Å². The van der Waals surface area contributed by atoms with Crippen LogP contribution in [0.1, 0.15) is 29.3 Å². The summed E-state index contributed by atoms with van der Waals surface area (Å²) in [6.45, 7) is 5.01. The summed E-state index contributed by atoms with van der Waals surface area (Å²) in [6, 6.07) is 11.2.